The van der Waals surface area contributed by atoms with Gasteiger partial charge in [0.1, 0.15) is 0 Å². The van der Waals surface area contributed by atoms with Gasteiger partial charge in [0.05, 0.1) is 0 Å². The molecule has 5 rings (SSSR count). The number of rotatable bonds is 10. The molecule has 0 amide bonds. The molecule has 0 spiro atoms. The molecule has 0 heterocycles. The SMILES string of the molecule is C1=CC([O][Sb]([O]C2C=CCCC2)[c]2cc[c]([Sb]([O]C3C=CCCC3)[O]C3C=CCCC3)cc2)CCC1. The number of benzene rings is 1. The third-order valence-corrected chi connectivity index (χ3v) is 16.4. The Balaban J connectivity index is 1.32. The topological polar surface area (TPSA) is 36.9 Å². The van der Waals surface area contributed by atoms with E-state index < -0.39 is 42.1 Å². The standard InChI is InChI=1S/4C6H9O.C6H4.2Sb/c4*7-6-4-2-1-3-5-6;1-2-4-6-5-3-1;;/h4*2,4,6H,1,3,5H2;1-2,5-6H;;/q4*-1;;2*+2. The van der Waals surface area contributed by atoms with Gasteiger partial charge >= 0.3 is 236 Å². The third-order valence-electron chi connectivity index (χ3n) is 7.04. The Morgan fingerprint density at radius 2 is 0.722 bits per heavy atom. The van der Waals surface area contributed by atoms with E-state index in [0.29, 0.717) is 0 Å². The van der Waals surface area contributed by atoms with E-state index in [-0.39, 0.29) is 24.4 Å². The normalized spacial score (nSPS) is 28.3. The second-order valence-electron chi connectivity index (χ2n) is 10.0. The minimum atomic E-state index is -2.59. The summed E-state index contributed by atoms with van der Waals surface area (Å²) in [4.78, 5) is 0. The van der Waals surface area contributed by atoms with E-state index in [1.807, 2.05) is 0 Å². The molecule has 4 aliphatic rings. The maximum absolute atomic E-state index is 6.70. The molecule has 0 radical (unpaired) electrons. The molecule has 0 aliphatic heterocycles. The van der Waals surface area contributed by atoms with Crippen LogP contribution in [-0.2, 0) is 12.1 Å². The Hall–Kier alpha value is -0.344. The summed E-state index contributed by atoms with van der Waals surface area (Å²) in [6, 6.07) is 9.03. The summed E-state index contributed by atoms with van der Waals surface area (Å²) in [6.45, 7) is 0. The van der Waals surface area contributed by atoms with Crippen LogP contribution in [0.3, 0.4) is 0 Å². The van der Waals surface area contributed by atoms with Crippen molar-refractivity contribution in [2.24, 2.45) is 0 Å². The van der Waals surface area contributed by atoms with Crippen LogP contribution >= 0.6 is 0 Å². The van der Waals surface area contributed by atoms with Crippen molar-refractivity contribution in [1.29, 1.82) is 0 Å². The first-order valence-electron chi connectivity index (χ1n) is 13.9. The predicted octanol–water partition coefficient (Wildman–Crippen LogP) is 5.58. The van der Waals surface area contributed by atoms with E-state index in [0.717, 1.165) is 51.4 Å². The molecule has 0 fully saturated rings. The zero-order chi connectivity index (χ0) is 24.4. The predicted molar refractivity (Wildman–Crippen MR) is 149 cm³/mol. The first kappa shape index (κ1) is 27.2. The Bertz CT molecular complexity index is 798. The van der Waals surface area contributed by atoms with Crippen molar-refractivity contribution >= 4 is 49.1 Å². The Kier molecular flexibility index (Phi) is 11.1. The number of hydrogen-bond donors (Lipinski definition) is 0. The molecule has 36 heavy (non-hydrogen) atoms. The van der Waals surface area contributed by atoms with Crippen LogP contribution in [0.1, 0.15) is 77.0 Å². The van der Waals surface area contributed by atoms with E-state index >= 15 is 0 Å². The Morgan fingerprint density at radius 3 is 0.944 bits per heavy atom. The van der Waals surface area contributed by atoms with E-state index in [4.69, 9.17) is 12.1 Å². The van der Waals surface area contributed by atoms with Gasteiger partial charge in [0, 0.05) is 0 Å². The second-order valence-corrected chi connectivity index (χ2v) is 18.3. The Morgan fingerprint density at radius 1 is 0.444 bits per heavy atom. The van der Waals surface area contributed by atoms with Crippen molar-refractivity contribution in [3.05, 3.63) is 72.9 Å². The van der Waals surface area contributed by atoms with Crippen LogP contribution in [0.4, 0.5) is 0 Å². The average molecular weight is 708 g/mol. The second kappa shape index (κ2) is 14.7. The van der Waals surface area contributed by atoms with Crippen molar-refractivity contribution in [3.8, 4) is 0 Å². The molecule has 1 aromatic rings. The molecule has 4 unspecified atom stereocenters. The van der Waals surface area contributed by atoms with Gasteiger partial charge in [0.15, 0.2) is 0 Å². The minimum absolute atomic E-state index is 0.196. The quantitative estimate of drug-likeness (QED) is 0.235. The van der Waals surface area contributed by atoms with Crippen LogP contribution in [0.5, 0.6) is 0 Å². The van der Waals surface area contributed by atoms with Gasteiger partial charge in [-0.3, -0.25) is 0 Å². The van der Waals surface area contributed by atoms with Crippen molar-refractivity contribution in [2.75, 3.05) is 0 Å². The zero-order valence-electron chi connectivity index (χ0n) is 21.3. The number of allylic oxidation sites excluding steroid dienone is 4. The molecule has 0 saturated heterocycles. The fourth-order valence-electron chi connectivity index (χ4n) is 4.96. The average Bonchev–Trinajstić information content (AvgIpc) is 2.95. The van der Waals surface area contributed by atoms with Crippen molar-refractivity contribution < 1.29 is 12.1 Å². The zero-order valence-corrected chi connectivity index (χ0v) is 26.4. The summed E-state index contributed by atoms with van der Waals surface area (Å²) in [5, 5.41) is 0. The molecule has 0 N–H and O–H groups in total. The molecule has 0 saturated carbocycles. The first-order valence-corrected chi connectivity index (χ1v) is 20.6. The van der Waals surface area contributed by atoms with E-state index in [1.54, 1.807) is 0 Å². The van der Waals surface area contributed by atoms with Crippen LogP contribution in [0, 0.1) is 0 Å². The van der Waals surface area contributed by atoms with Crippen LogP contribution in [0.15, 0.2) is 72.9 Å². The Labute approximate surface area is 234 Å². The van der Waals surface area contributed by atoms with E-state index in [9.17, 15) is 0 Å². The van der Waals surface area contributed by atoms with Gasteiger partial charge in [-0.25, -0.2) is 0 Å². The third kappa shape index (κ3) is 8.33. The van der Waals surface area contributed by atoms with Crippen molar-refractivity contribution in [1.82, 2.24) is 0 Å². The summed E-state index contributed by atoms with van der Waals surface area (Å²) in [5.41, 5.74) is 0. The van der Waals surface area contributed by atoms with E-state index in [2.05, 4.69) is 72.9 Å². The molecule has 4 atom stereocenters. The monoisotopic (exact) mass is 706 g/mol. The van der Waals surface area contributed by atoms with Crippen LogP contribution in [0.25, 0.3) is 0 Å². The summed E-state index contributed by atoms with van der Waals surface area (Å²) >= 11 is -5.18. The van der Waals surface area contributed by atoms with Gasteiger partial charge in [-0.15, -0.1) is 0 Å². The molecule has 1 aromatic carbocycles. The summed E-state index contributed by atoms with van der Waals surface area (Å²) in [5.74, 6) is 0. The van der Waals surface area contributed by atoms with Gasteiger partial charge in [-0.05, 0) is 0 Å². The van der Waals surface area contributed by atoms with Gasteiger partial charge < -0.3 is 0 Å². The molecule has 4 nitrogen and oxygen atoms in total. The molecular weight excluding hydrogens is 668 g/mol. The van der Waals surface area contributed by atoms with Gasteiger partial charge in [-0.2, -0.15) is 0 Å². The molecular formula is C30H40O4Sb2. The molecule has 4 aliphatic carbocycles. The molecule has 0 bridgehead atoms. The maximum atomic E-state index is 6.70. The van der Waals surface area contributed by atoms with Crippen molar-refractivity contribution in [2.45, 2.75) is 101 Å². The van der Waals surface area contributed by atoms with Gasteiger partial charge in [-0.1, -0.05) is 0 Å². The van der Waals surface area contributed by atoms with E-state index in [1.165, 1.54) is 32.7 Å². The van der Waals surface area contributed by atoms with Gasteiger partial charge in [0.25, 0.3) is 0 Å². The van der Waals surface area contributed by atoms with Crippen LogP contribution in [-0.4, -0.2) is 66.5 Å². The first-order chi connectivity index (χ1) is 17.8. The summed E-state index contributed by atoms with van der Waals surface area (Å²) < 4.78 is 29.3. The summed E-state index contributed by atoms with van der Waals surface area (Å²) in [7, 11) is 0. The van der Waals surface area contributed by atoms with Crippen LogP contribution < -0.4 is 7.02 Å². The number of hydrogen-bond acceptors (Lipinski definition) is 4. The van der Waals surface area contributed by atoms with Crippen LogP contribution in [0.2, 0.25) is 0 Å². The summed E-state index contributed by atoms with van der Waals surface area (Å²) in [6.07, 6.45) is 32.7. The molecule has 194 valence electrons. The molecule has 0 aromatic heterocycles. The fourth-order valence-corrected chi connectivity index (χ4v) is 13.7. The van der Waals surface area contributed by atoms with Gasteiger partial charge in [0.2, 0.25) is 0 Å². The van der Waals surface area contributed by atoms with Crippen molar-refractivity contribution in [3.63, 3.8) is 0 Å². The molecule has 6 heteroatoms. The fraction of sp³-hybridized carbons (Fsp3) is 0.533.